The number of rotatable bonds is 6. The zero-order valence-corrected chi connectivity index (χ0v) is 16.7. The summed E-state index contributed by atoms with van der Waals surface area (Å²) in [4.78, 5) is 25.9. The molecule has 0 aliphatic carbocycles. The molecule has 0 saturated heterocycles. The highest BCUT2D eigenvalue weighted by molar-refractivity contribution is 6.00. The number of terminal acetylenes is 1. The number of benzene rings is 2. The van der Waals surface area contributed by atoms with E-state index in [1.807, 2.05) is 53.1 Å². The van der Waals surface area contributed by atoms with Gasteiger partial charge in [0.2, 0.25) is 5.91 Å². The average Bonchev–Trinajstić information content (AvgIpc) is 3.05. The lowest BCUT2D eigenvalue weighted by Gasteiger charge is -2.16. The van der Waals surface area contributed by atoms with Crippen molar-refractivity contribution >= 4 is 28.4 Å². The van der Waals surface area contributed by atoms with E-state index < -0.39 is 0 Å². The lowest BCUT2D eigenvalue weighted by molar-refractivity contribution is -0.114. The van der Waals surface area contributed by atoms with E-state index in [2.05, 4.69) is 11.2 Å². The van der Waals surface area contributed by atoms with Crippen LogP contribution in [0.2, 0.25) is 0 Å². The summed E-state index contributed by atoms with van der Waals surface area (Å²) in [6, 6.07) is 15.1. The van der Waals surface area contributed by atoms with Crippen molar-refractivity contribution in [2.75, 3.05) is 26.0 Å². The smallest absolute Gasteiger partial charge is 0.271 e. The van der Waals surface area contributed by atoms with Gasteiger partial charge in [0.15, 0.2) is 0 Å². The molecule has 0 fully saturated rings. The molecule has 6 heteroatoms. The largest absolute Gasteiger partial charge is 0.497 e. The van der Waals surface area contributed by atoms with E-state index in [-0.39, 0.29) is 18.4 Å². The number of hydrogen-bond donors (Lipinski definition) is 1. The second-order valence-electron chi connectivity index (χ2n) is 6.78. The first-order valence-electron chi connectivity index (χ1n) is 9.15. The third kappa shape index (κ3) is 4.41. The minimum Gasteiger partial charge on any atom is -0.497 e. The van der Waals surface area contributed by atoms with Crippen molar-refractivity contribution in [3.05, 3.63) is 59.8 Å². The molecule has 1 aromatic heterocycles. The Morgan fingerprint density at radius 1 is 1.17 bits per heavy atom. The summed E-state index contributed by atoms with van der Waals surface area (Å²) in [7, 11) is 3.31. The number of hydrogen-bond acceptors (Lipinski definition) is 3. The van der Waals surface area contributed by atoms with Crippen LogP contribution >= 0.6 is 0 Å². The standard InChI is InChI=1S/C23H23N3O3/c1-5-12-25(3)23(28)22-14-18-13-19(24-16(2)27)8-11-21(18)26(22)15-17-6-9-20(29-4)10-7-17/h1,6-11,13-14H,12,15H2,2-4H3,(H,24,27). The molecule has 2 aromatic carbocycles. The van der Waals surface area contributed by atoms with Crippen LogP contribution in [0.25, 0.3) is 10.9 Å². The number of ether oxygens (including phenoxy) is 1. The lowest BCUT2D eigenvalue weighted by Crippen LogP contribution is -2.29. The summed E-state index contributed by atoms with van der Waals surface area (Å²) in [5.41, 5.74) is 3.14. The zero-order chi connectivity index (χ0) is 21.0. The van der Waals surface area contributed by atoms with Crippen LogP contribution in [0.15, 0.2) is 48.5 Å². The lowest BCUT2D eigenvalue weighted by atomic mass is 10.2. The van der Waals surface area contributed by atoms with E-state index in [0.717, 1.165) is 22.2 Å². The topological polar surface area (TPSA) is 63.6 Å². The number of carbonyl (C=O) groups is 2. The molecular formula is C23H23N3O3. The van der Waals surface area contributed by atoms with Gasteiger partial charge in [-0.05, 0) is 42.0 Å². The number of nitrogens with one attached hydrogen (secondary N) is 1. The molecule has 3 aromatic rings. The fraction of sp³-hybridized carbons (Fsp3) is 0.217. The molecule has 0 atom stereocenters. The normalized spacial score (nSPS) is 10.4. The van der Waals surface area contributed by atoms with Gasteiger partial charge in [0.1, 0.15) is 11.4 Å². The molecule has 0 aliphatic heterocycles. The zero-order valence-electron chi connectivity index (χ0n) is 16.7. The number of fused-ring (bicyclic) bond motifs is 1. The van der Waals surface area contributed by atoms with Gasteiger partial charge >= 0.3 is 0 Å². The van der Waals surface area contributed by atoms with Gasteiger partial charge < -0.3 is 19.5 Å². The van der Waals surface area contributed by atoms with Crippen molar-refractivity contribution in [3.63, 3.8) is 0 Å². The van der Waals surface area contributed by atoms with Gasteiger partial charge in [-0.25, -0.2) is 0 Å². The van der Waals surface area contributed by atoms with Gasteiger partial charge in [0.05, 0.1) is 13.7 Å². The molecule has 3 rings (SSSR count). The monoisotopic (exact) mass is 389 g/mol. The molecule has 6 nitrogen and oxygen atoms in total. The molecule has 29 heavy (non-hydrogen) atoms. The van der Waals surface area contributed by atoms with Crippen molar-refractivity contribution in [1.29, 1.82) is 0 Å². The first-order valence-corrected chi connectivity index (χ1v) is 9.15. The minimum absolute atomic E-state index is 0.146. The van der Waals surface area contributed by atoms with E-state index >= 15 is 0 Å². The number of amides is 2. The summed E-state index contributed by atoms with van der Waals surface area (Å²) in [5, 5.41) is 3.64. The average molecular weight is 389 g/mol. The van der Waals surface area contributed by atoms with Gasteiger partial charge in [-0.1, -0.05) is 18.1 Å². The van der Waals surface area contributed by atoms with E-state index in [0.29, 0.717) is 17.9 Å². The quantitative estimate of drug-likeness (QED) is 0.658. The highest BCUT2D eigenvalue weighted by Crippen LogP contribution is 2.26. The summed E-state index contributed by atoms with van der Waals surface area (Å²) in [5.74, 6) is 2.97. The second kappa shape index (κ2) is 8.53. The van der Waals surface area contributed by atoms with Crippen LogP contribution in [0.3, 0.4) is 0 Å². The molecule has 1 heterocycles. The van der Waals surface area contributed by atoms with E-state index in [4.69, 9.17) is 11.2 Å². The van der Waals surface area contributed by atoms with Gasteiger partial charge in [-0.3, -0.25) is 9.59 Å². The van der Waals surface area contributed by atoms with Crippen LogP contribution in [-0.4, -0.2) is 42.0 Å². The Morgan fingerprint density at radius 3 is 2.52 bits per heavy atom. The van der Waals surface area contributed by atoms with Gasteiger partial charge in [-0.2, -0.15) is 0 Å². The Hall–Kier alpha value is -3.72. The number of aromatic nitrogens is 1. The van der Waals surface area contributed by atoms with Crippen LogP contribution < -0.4 is 10.1 Å². The molecule has 0 radical (unpaired) electrons. The predicted octanol–water partition coefficient (Wildman–Crippen LogP) is 3.36. The molecule has 0 aliphatic rings. The minimum atomic E-state index is -0.159. The summed E-state index contributed by atoms with van der Waals surface area (Å²) in [6.45, 7) is 2.20. The van der Waals surface area contributed by atoms with Crippen LogP contribution in [0.4, 0.5) is 5.69 Å². The van der Waals surface area contributed by atoms with Crippen molar-refractivity contribution in [2.45, 2.75) is 13.5 Å². The number of anilines is 1. The predicted molar refractivity (Wildman–Crippen MR) is 114 cm³/mol. The fourth-order valence-corrected chi connectivity index (χ4v) is 3.22. The first-order chi connectivity index (χ1) is 13.9. The maximum atomic E-state index is 13.0. The van der Waals surface area contributed by atoms with Crippen molar-refractivity contribution in [2.24, 2.45) is 0 Å². The van der Waals surface area contributed by atoms with Gasteiger partial charge in [0.25, 0.3) is 5.91 Å². The molecule has 1 N–H and O–H groups in total. The van der Waals surface area contributed by atoms with E-state index in [1.165, 1.54) is 11.8 Å². The Balaban J connectivity index is 2.07. The highest BCUT2D eigenvalue weighted by atomic mass is 16.5. The number of methoxy groups -OCH3 is 1. The molecule has 148 valence electrons. The molecular weight excluding hydrogens is 366 g/mol. The first kappa shape index (κ1) is 20.0. The third-order valence-electron chi connectivity index (χ3n) is 4.62. The van der Waals surface area contributed by atoms with E-state index in [9.17, 15) is 9.59 Å². The van der Waals surface area contributed by atoms with Crippen LogP contribution in [-0.2, 0) is 11.3 Å². The molecule has 0 spiro atoms. The van der Waals surface area contributed by atoms with Gasteiger partial charge in [0, 0.05) is 37.1 Å². The summed E-state index contributed by atoms with van der Waals surface area (Å²) < 4.78 is 7.18. The summed E-state index contributed by atoms with van der Waals surface area (Å²) in [6.07, 6.45) is 5.37. The van der Waals surface area contributed by atoms with Crippen LogP contribution in [0.1, 0.15) is 23.0 Å². The molecule has 0 unspecified atom stereocenters. The Kier molecular flexibility index (Phi) is 5.89. The van der Waals surface area contributed by atoms with Gasteiger partial charge in [-0.15, -0.1) is 6.42 Å². The van der Waals surface area contributed by atoms with Crippen LogP contribution in [0.5, 0.6) is 5.75 Å². The number of carbonyl (C=O) groups excluding carboxylic acids is 2. The van der Waals surface area contributed by atoms with Crippen molar-refractivity contribution in [3.8, 4) is 18.1 Å². The van der Waals surface area contributed by atoms with Crippen molar-refractivity contribution in [1.82, 2.24) is 9.47 Å². The maximum Gasteiger partial charge on any atom is 0.271 e. The number of nitrogens with zero attached hydrogens (tertiary/aromatic N) is 2. The summed E-state index contributed by atoms with van der Waals surface area (Å²) >= 11 is 0. The fourth-order valence-electron chi connectivity index (χ4n) is 3.22. The Morgan fingerprint density at radius 2 is 1.90 bits per heavy atom. The van der Waals surface area contributed by atoms with Crippen LogP contribution in [0, 0.1) is 12.3 Å². The third-order valence-corrected chi connectivity index (χ3v) is 4.62. The molecule has 2 amide bonds. The highest BCUT2D eigenvalue weighted by Gasteiger charge is 2.19. The second-order valence-corrected chi connectivity index (χ2v) is 6.78. The maximum absolute atomic E-state index is 13.0. The Bertz CT molecular complexity index is 1090. The Labute approximate surface area is 170 Å². The SMILES string of the molecule is C#CCN(C)C(=O)c1cc2cc(NC(C)=O)ccc2n1Cc1ccc(OC)cc1. The van der Waals surface area contributed by atoms with Crippen molar-refractivity contribution < 1.29 is 14.3 Å². The van der Waals surface area contributed by atoms with E-state index in [1.54, 1.807) is 14.2 Å². The molecule has 0 saturated carbocycles. The molecule has 0 bridgehead atoms.